The van der Waals surface area contributed by atoms with Crippen molar-refractivity contribution >= 4 is 17.3 Å². The van der Waals surface area contributed by atoms with Gasteiger partial charge in [0.25, 0.3) is 0 Å². The molecular formula is C22H23N7. The third-order valence-electron chi connectivity index (χ3n) is 5.63. The summed E-state index contributed by atoms with van der Waals surface area (Å²) < 4.78 is 2.00. The quantitative estimate of drug-likeness (QED) is 0.625. The van der Waals surface area contributed by atoms with E-state index >= 15 is 0 Å². The van der Waals surface area contributed by atoms with E-state index in [1.807, 2.05) is 42.3 Å². The Balaban J connectivity index is 1.30. The van der Waals surface area contributed by atoms with E-state index in [-0.39, 0.29) is 5.41 Å². The van der Waals surface area contributed by atoms with Gasteiger partial charge >= 0.3 is 0 Å². The maximum atomic E-state index is 9.21. The van der Waals surface area contributed by atoms with Crippen molar-refractivity contribution in [1.82, 2.24) is 19.7 Å². The van der Waals surface area contributed by atoms with Crippen LogP contribution >= 0.6 is 0 Å². The molecule has 2 N–H and O–H groups in total. The van der Waals surface area contributed by atoms with Gasteiger partial charge < -0.3 is 10.6 Å². The number of aryl methyl sites for hydroxylation is 1. The van der Waals surface area contributed by atoms with Crippen LogP contribution in [0, 0.1) is 23.7 Å². The van der Waals surface area contributed by atoms with Gasteiger partial charge in [-0.15, -0.1) is 0 Å². The third kappa shape index (κ3) is 3.79. The summed E-state index contributed by atoms with van der Waals surface area (Å²) in [4.78, 5) is 9.14. The predicted molar refractivity (Wildman–Crippen MR) is 112 cm³/mol. The second-order valence-corrected chi connectivity index (χ2v) is 8.11. The largest absolute Gasteiger partial charge is 0.383 e. The van der Waals surface area contributed by atoms with Gasteiger partial charge in [0.05, 0.1) is 35.1 Å². The van der Waals surface area contributed by atoms with Gasteiger partial charge in [0.1, 0.15) is 0 Å². The predicted octanol–water partition coefficient (Wildman–Crippen LogP) is 4.44. The Hall–Kier alpha value is -3.40. The molecule has 0 amide bonds. The molecule has 0 atom stereocenters. The Morgan fingerprint density at radius 2 is 1.97 bits per heavy atom. The molecule has 2 aliphatic carbocycles. The molecule has 0 spiro atoms. The molecule has 0 radical (unpaired) electrons. The molecule has 1 aromatic carbocycles. The van der Waals surface area contributed by atoms with Crippen LogP contribution in [0.2, 0.25) is 0 Å². The van der Waals surface area contributed by atoms with Crippen molar-refractivity contribution < 1.29 is 0 Å². The topological polar surface area (TPSA) is 91.4 Å². The Morgan fingerprint density at radius 1 is 1.17 bits per heavy atom. The van der Waals surface area contributed by atoms with Crippen LogP contribution in [-0.2, 0) is 0 Å². The number of rotatable bonds is 7. The first-order valence-corrected chi connectivity index (χ1v) is 10.0. The molecule has 7 nitrogen and oxygen atoms in total. The normalized spacial score (nSPS) is 16.8. The fraction of sp³-hybridized carbons (Fsp3) is 0.364. The highest BCUT2D eigenvalue weighted by molar-refractivity contribution is 5.67. The van der Waals surface area contributed by atoms with Crippen LogP contribution in [0.5, 0.6) is 0 Å². The first kappa shape index (κ1) is 17.7. The Labute approximate surface area is 169 Å². The van der Waals surface area contributed by atoms with E-state index in [1.165, 1.54) is 12.8 Å². The minimum absolute atomic E-state index is 0.157. The molecule has 2 heterocycles. The Bertz CT molecular complexity index is 1070. The molecule has 0 unspecified atom stereocenters. The van der Waals surface area contributed by atoms with Crippen molar-refractivity contribution in [1.29, 1.82) is 5.26 Å². The van der Waals surface area contributed by atoms with Gasteiger partial charge in [0.15, 0.2) is 0 Å². The second kappa shape index (κ2) is 6.89. The zero-order chi connectivity index (χ0) is 19.8. The molecule has 2 saturated carbocycles. The molecule has 5 rings (SSSR count). The lowest BCUT2D eigenvalue weighted by molar-refractivity contribution is 0.642. The van der Waals surface area contributed by atoms with Crippen molar-refractivity contribution in [3.05, 3.63) is 48.4 Å². The lowest BCUT2D eigenvalue weighted by Crippen LogP contribution is -2.13. The average Bonchev–Trinajstić information content (AvgIpc) is 3.68. The van der Waals surface area contributed by atoms with E-state index in [9.17, 15) is 5.26 Å². The van der Waals surface area contributed by atoms with Crippen LogP contribution in [-0.4, -0.2) is 26.3 Å². The second-order valence-electron chi connectivity index (χ2n) is 8.11. The van der Waals surface area contributed by atoms with Crippen LogP contribution in [0.25, 0.3) is 11.3 Å². The number of aromatic nitrogens is 4. The zero-order valence-corrected chi connectivity index (χ0v) is 16.4. The van der Waals surface area contributed by atoms with Crippen molar-refractivity contribution in [3.8, 4) is 17.3 Å². The van der Waals surface area contributed by atoms with Crippen LogP contribution in [0.3, 0.4) is 0 Å². The molecule has 146 valence electrons. The number of nitriles is 1. The minimum Gasteiger partial charge on any atom is -0.383 e. The highest BCUT2D eigenvalue weighted by atomic mass is 15.3. The summed E-state index contributed by atoms with van der Waals surface area (Å²) in [5.74, 6) is 0.563. The molecule has 3 aromatic rings. The van der Waals surface area contributed by atoms with Gasteiger partial charge in [0.2, 0.25) is 5.95 Å². The fourth-order valence-corrected chi connectivity index (χ4v) is 3.36. The molecule has 2 aromatic heterocycles. The van der Waals surface area contributed by atoms with Gasteiger partial charge in [0, 0.05) is 30.2 Å². The first-order chi connectivity index (χ1) is 14.1. The number of hydrogen-bond donors (Lipinski definition) is 2. The number of hydrogen-bond acceptors (Lipinski definition) is 6. The summed E-state index contributed by atoms with van der Waals surface area (Å²) >= 11 is 0. The number of anilines is 3. The molecule has 2 aliphatic rings. The highest BCUT2D eigenvalue weighted by Gasteiger charge is 2.42. The van der Waals surface area contributed by atoms with Gasteiger partial charge in [-0.05, 0) is 50.3 Å². The molecule has 0 saturated heterocycles. The summed E-state index contributed by atoms with van der Waals surface area (Å²) in [6, 6.07) is 11.1. The van der Waals surface area contributed by atoms with Crippen LogP contribution < -0.4 is 10.6 Å². The zero-order valence-electron chi connectivity index (χ0n) is 16.4. The van der Waals surface area contributed by atoms with E-state index in [0.717, 1.165) is 41.0 Å². The summed E-state index contributed by atoms with van der Waals surface area (Å²) in [6.07, 6.45) is 10.0. The standard InChI is InChI=1S/C22H23N7/c1-15-10-24-21(27-18-11-26-29(12-18)19-6-7-19)28-20(15)16-2-4-17(5-3-16)25-14-22(13-23)8-9-22/h2-5,10-12,19,25H,6-9,14H2,1H3,(H,24,27,28). The summed E-state index contributed by atoms with van der Waals surface area (Å²) in [6.45, 7) is 2.72. The first-order valence-electron chi connectivity index (χ1n) is 10.0. The van der Waals surface area contributed by atoms with Crippen molar-refractivity contribution in [3.63, 3.8) is 0 Å². The highest BCUT2D eigenvalue weighted by Crippen LogP contribution is 2.44. The van der Waals surface area contributed by atoms with Gasteiger partial charge in [-0.2, -0.15) is 10.4 Å². The Morgan fingerprint density at radius 3 is 2.66 bits per heavy atom. The lowest BCUT2D eigenvalue weighted by atomic mass is 10.1. The van der Waals surface area contributed by atoms with Gasteiger partial charge in [-0.25, -0.2) is 9.97 Å². The minimum atomic E-state index is -0.157. The monoisotopic (exact) mass is 385 g/mol. The molecular weight excluding hydrogens is 362 g/mol. The molecule has 0 bridgehead atoms. The van der Waals surface area contributed by atoms with E-state index in [0.29, 0.717) is 18.5 Å². The average molecular weight is 385 g/mol. The number of nitrogens with zero attached hydrogens (tertiary/aromatic N) is 5. The van der Waals surface area contributed by atoms with Crippen LogP contribution in [0.15, 0.2) is 42.9 Å². The third-order valence-corrected chi connectivity index (χ3v) is 5.63. The molecule has 7 heteroatoms. The smallest absolute Gasteiger partial charge is 0.227 e. The van der Waals surface area contributed by atoms with Gasteiger partial charge in [-0.1, -0.05) is 12.1 Å². The summed E-state index contributed by atoms with van der Waals surface area (Å²) in [5, 5.41) is 20.2. The number of nitrogens with one attached hydrogen (secondary N) is 2. The maximum Gasteiger partial charge on any atom is 0.227 e. The van der Waals surface area contributed by atoms with Crippen molar-refractivity contribution in [2.24, 2.45) is 5.41 Å². The van der Waals surface area contributed by atoms with E-state index in [1.54, 1.807) is 0 Å². The van der Waals surface area contributed by atoms with E-state index in [2.05, 4.69) is 38.9 Å². The van der Waals surface area contributed by atoms with Crippen molar-refractivity contribution in [2.45, 2.75) is 38.6 Å². The summed E-state index contributed by atoms with van der Waals surface area (Å²) in [7, 11) is 0. The SMILES string of the molecule is Cc1cnc(Nc2cnn(C3CC3)c2)nc1-c1ccc(NCC2(C#N)CC2)cc1. The molecule has 29 heavy (non-hydrogen) atoms. The van der Waals surface area contributed by atoms with Crippen molar-refractivity contribution in [2.75, 3.05) is 17.2 Å². The van der Waals surface area contributed by atoms with Crippen LogP contribution in [0.1, 0.15) is 37.3 Å². The van der Waals surface area contributed by atoms with E-state index < -0.39 is 0 Å². The van der Waals surface area contributed by atoms with Crippen LogP contribution in [0.4, 0.5) is 17.3 Å². The lowest BCUT2D eigenvalue weighted by Gasteiger charge is -2.11. The fourth-order valence-electron chi connectivity index (χ4n) is 3.36. The Kier molecular flexibility index (Phi) is 4.20. The summed E-state index contributed by atoms with van der Waals surface area (Å²) in [5.41, 5.74) is 4.72. The van der Waals surface area contributed by atoms with Gasteiger partial charge in [-0.3, -0.25) is 4.68 Å². The van der Waals surface area contributed by atoms with E-state index in [4.69, 9.17) is 4.98 Å². The molecule has 2 fully saturated rings. The molecule has 0 aliphatic heterocycles. The number of benzene rings is 1. The maximum absolute atomic E-state index is 9.21.